The Morgan fingerprint density at radius 3 is 2.65 bits per heavy atom. The van der Waals surface area contributed by atoms with E-state index in [1.165, 1.54) is 10.1 Å². The first-order chi connectivity index (χ1) is 9.72. The second-order valence-corrected chi connectivity index (χ2v) is 6.65. The van der Waals surface area contributed by atoms with Crippen molar-refractivity contribution in [2.75, 3.05) is 5.32 Å². The summed E-state index contributed by atoms with van der Waals surface area (Å²) < 4.78 is 2.38. The van der Waals surface area contributed by atoms with Crippen molar-refractivity contribution in [3.63, 3.8) is 0 Å². The molecule has 1 amide bonds. The Morgan fingerprint density at radius 2 is 1.85 bits per heavy atom. The number of hydrogen-bond donors (Lipinski definition) is 1. The standard InChI is InChI=1S/C16H12INOS/c17-12-5-7-13(8-6-12)18-16(19)9-11-10-20-15-4-2-1-3-14(11)15/h1-8,10H,9H2,(H,18,19). The number of thiophene rings is 1. The van der Waals surface area contributed by atoms with Crippen molar-refractivity contribution in [2.24, 2.45) is 0 Å². The molecule has 3 aromatic rings. The summed E-state index contributed by atoms with van der Waals surface area (Å²) in [6.07, 6.45) is 0.413. The van der Waals surface area contributed by atoms with Gasteiger partial charge in [0, 0.05) is 14.0 Å². The van der Waals surface area contributed by atoms with Gasteiger partial charge in [0.15, 0.2) is 0 Å². The second kappa shape index (κ2) is 5.93. The van der Waals surface area contributed by atoms with Crippen LogP contribution in [0.3, 0.4) is 0 Å². The van der Waals surface area contributed by atoms with E-state index in [0.29, 0.717) is 6.42 Å². The zero-order chi connectivity index (χ0) is 13.9. The number of fused-ring (bicyclic) bond motifs is 1. The molecule has 100 valence electrons. The van der Waals surface area contributed by atoms with E-state index in [9.17, 15) is 4.79 Å². The summed E-state index contributed by atoms with van der Waals surface area (Å²) >= 11 is 3.93. The van der Waals surface area contributed by atoms with Crippen LogP contribution in [-0.4, -0.2) is 5.91 Å². The normalized spacial score (nSPS) is 10.7. The van der Waals surface area contributed by atoms with E-state index in [2.05, 4.69) is 45.4 Å². The third kappa shape index (κ3) is 3.02. The third-order valence-electron chi connectivity index (χ3n) is 3.04. The Hall–Kier alpha value is -1.40. The fraction of sp³-hybridized carbons (Fsp3) is 0.0625. The molecule has 3 rings (SSSR count). The van der Waals surface area contributed by atoms with Gasteiger partial charge in [0.1, 0.15) is 0 Å². The minimum atomic E-state index is 0.0229. The maximum atomic E-state index is 12.1. The number of carbonyl (C=O) groups excluding carboxylic acids is 1. The summed E-state index contributed by atoms with van der Waals surface area (Å²) in [5, 5.41) is 6.18. The summed E-state index contributed by atoms with van der Waals surface area (Å²) in [5.41, 5.74) is 1.93. The number of carbonyl (C=O) groups is 1. The summed E-state index contributed by atoms with van der Waals surface area (Å²) in [4.78, 5) is 12.1. The minimum absolute atomic E-state index is 0.0229. The number of halogens is 1. The van der Waals surface area contributed by atoms with Gasteiger partial charge in [0.25, 0.3) is 0 Å². The number of amides is 1. The van der Waals surface area contributed by atoms with Gasteiger partial charge in [0.05, 0.1) is 6.42 Å². The van der Waals surface area contributed by atoms with Gasteiger partial charge in [-0.25, -0.2) is 0 Å². The molecular formula is C16H12INOS. The molecule has 1 N–H and O–H groups in total. The van der Waals surface area contributed by atoms with E-state index >= 15 is 0 Å². The second-order valence-electron chi connectivity index (χ2n) is 4.49. The van der Waals surface area contributed by atoms with Crippen molar-refractivity contribution >= 4 is 55.6 Å². The summed E-state index contributed by atoms with van der Waals surface area (Å²) in [5.74, 6) is 0.0229. The monoisotopic (exact) mass is 393 g/mol. The zero-order valence-corrected chi connectivity index (χ0v) is 13.6. The lowest BCUT2D eigenvalue weighted by atomic mass is 10.1. The maximum absolute atomic E-state index is 12.1. The fourth-order valence-electron chi connectivity index (χ4n) is 2.08. The zero-order valence-electron chi connectivity index (χ0n) is 10.6. The van der Waals surface area contributed by atoms with E-state index in [4.69, 9.17) is 0 Å². The number of benzene rings is 2. The SMILES string of the molecule is O=C(Cc1csc2ccccc12)Nc1ccc(I)cc1. The van der Waals surface area contributed by atoms with Crippen LogP contribution in [0.1, 0.15) is 5.56 Å². The summed E-state index contributed by atoms with van der Waals surface area (Å²) in [6.45, 7) is 0. The summed E-state index contributed by atoms with van der Waals surface area (Å²) in [7, 11) is 0. The van der Waals surface area contributed by atoms with E-state index in [0.717, 1.165) is 14.8 Å². The van der Waals surface area contributed by atoms with Crippen LogP contribution in [0, 0.1) is 3.57 Å². The highest BCUT2D eigenvalue weighted by Gasteiger charge is 2.08. The first kappa shape index (κ1) is 13.6. The smallest absolute Gasteiger partial charge is 0.228 e. The average molecular weight is 393 g/mol. The average Bonchev–Trinajstić information content (AvgIpc) is 2.85. The van der Waals surface area contributed by atoms with Crippen LogP contribution >= 0.6 is 33.9 Å². The Kier molecular flexibility index (Phi) is 4.03. The van der Waals surface area contributed by atoms with Gasteiger partial charge >= 0.3 is 0 Å². The van der Waals surface area contributed by atoms with Crippen LogP contribution < -0.4 is 5.32 Å². The van der Waals surface area contributed by atoms with Crippen molar-refractivity contribution < 1.29 is 4.79 Å². The van der Waals surface area contributed by atoms with Gasteiger partial charge in [-0.15, -0.1) is 11.3 Å². The topological polar surface area (TPSA) is 29.1 Å². The molecular weight excluding hydrogens is 381 g/mol. The number of hydrogen-bond acceptors (Lipinski definition) is 2. The first-order valence-electron chi connectivity index (χ1n) is 6.23. The van der Waals surface area contributed by atoms with Gasteiger partial charge in [-0.3, -0.25) is 4.79 Å². The quantitative estimate of drug-likeness (QED) is 0.643. The molecule has 0 radical (unpaired) electrons. The van der Waals surface area contributed by atoms with Crippen molar-refractivity contribution in [1.29, 1.82) is 0 Å². The molecule has 0 fully saturated rings. The van der Waals surface area contributed by atoms with E-state index in [-0.39, 0.29) is 5.91 Å². The number of rotatable bonds is 3. The van der Waals surface area contributed by atoms with Crippen molar-refractivity contribution in [1.82, 2.24) is 0 Å². The summed E-state index contributed by atoms with van der Waals surface area (Å²) in [6, 6.07) is 16.0. The lowest BCUT2D eigenvalue weighted by molar-refractivity contribution is -0.115. The van der Waals surface area contributed by atoms with Gasteiger partial charge in [-0.2, -0.15) is 0 Å². The molecule has 0 saturated heterocycles. The van der Waals surface area contributed by atoms with Gasteiger partial charge < -0.3 is 5.32 Å². The molecule has 20 heavy (non-hydrogen) atoms. The van der Waals surface area contributed by atoms with Crippen LogP contribution in [0.4, 0.5) is 5.69 Å². The molecule has 2 aromatic carbocycles. The Labute approximate surface area is 135 Å². The van der Waals surface area contributed by atoms with Crippen LogP contribution in [0.25, 0.3) is 10.1 Å². The molecule has 0 aliphatic heterocycles. The van der Waals surface area contributed by atoms with Crippen LogP contribution in [0.15, 0.2) is 53.9 Å². The molecule has 1 aromatic heterocycles. The maximum Gasteiger partial charge on any atom is 0.228 e. The Bertz CT molecular complexity index is 749. The Morgan fingerprint density at radius 1 is 1.10 bits per heavy atom. The highest BCUT2D eigenvalue weighted by Crippen LogP contribution is 2.26. The van der Waals surface area contributed by atoms with Crippen LogP contribution in [-0.2, 0) is 11.2 Å². The molecule has 0 saturated carbocycles. The lowest BCUT2D eigenvalue weighted by Gasteiger charge is -2.05. The molecule has 0 bridgehead atoms. The largest absolute Gasteiger partial charge is 0.326 e. The van der Waals surface area contributed by atoms with Gasteiger partial charge in [-0.05, 0) is 69.3 Å². The predicted molar refractivity (Wildman–Crippen MR) is 93.3 cm³/mol. The molecule has 1 heterocycles. The van der Waals surface area contributed by atoms with Crippen molar-refractivity contribution in [3.05, 3.63) is 63.0 Å². The van der Waals surface area contributed by atoms with Gasteiger partial charge in [-0.1, -0.05) is 18.2 Å². The number of nitrogens with one attached hydrogen (secondary N) is 1. The minimum Gasteiger partial charge on any atom is -0.326 e. The highest BCUT2D eigenvalue weighted by atomic mass is 127. The molecule has 0 atom stereocenters. The molecule has 0 unspecified atom stereocenters. The lowest BCUT2D eigenvalue weighted by Crippen LogP contribution is -2.14. The molecule has 2 nitrogen and oxygen atoms in total. The predicted octanol–water partition coefficient (Wildman–Crippen LogP) is 4.69. The van der Waals surface area contributed by atoms with Crippen molar-refractivity contribution in [3.8, 4) is 0 Å². The number of anilines is 1. The van der Waals surface area contributed by atoms with Crippen LogP contribution in [0.5, 0.6) is 0 Å². The Balaban J connectivity index is 1.74. The molecule has 0 spiro atoms. The van der Waals surface area contributed by atoms with E-state index < -0.39 is 0 Å². The molecule has 0 aliphatic carbocycles. The first-order valence-corrected chi connectivity index (χ1v) is 8.19. The molecule has 0 aliphatic rings. The fourth-order valence-corrected chi connectivity index (χ4v) is 3.40. The third-order valence-corrected chi connectivity index (χ3v) is 4.77. The van der Waals surface area contributed by atoms with Crippen LogP contribution in [0.2, 0.25) is 0 Å². The van der Waals surface area contributed by atoms with E-state index in [1.807, 2.05) is 36.4 Å². The highest BCUT2D eigenvalue weighted by molar-refractivity contribution is 14.1. The van der Waals surface area contributed by atoms with Gasteiger partial charge in [0.2, 0.25) is 5.91 Å². The molecule has 4 heteroatoms. The van der Waals surface area contributed by atoms with Crippen molar-refractivity contribution in [2.45, 2.75) is 6.42 Å². The van der Waals surface area contributed by atoms with E-state index in [1.54, 1.807) is 11.3 Å².